The number of nitrogens with zero attached hydrogens (tertiary/aromatic N) is 4. The first-order chi connectivity index (χ1) is 12.7. The van der Waals surface area contributed by atoms with Crippen LogP contribution in [0.2, 0.25) is 0 Å². The molecule has 5 aliphatic carbocycles. The molecule has 1 aromatic heterocycles. The molecule has 1 amide bonds. The van der Waals surface area contributed by atoms with Crippen molar-refractivity contribution < 1.29 is 4.79 Å². The van der Waals surface area contributed by atoms with Crippen molar-refractivity contribution in [2.45, 2.75) is 76.2 Å². The average Bonchev–Trinajstić information content (AvgIpc) is 3.13. The number of aromatic nitrogens is 3. The largest absolute Gasteiger partial charge is 0.340 e. The first kappa shape index (κ1) is 15.6. The van der Waals surface area contributed by atoms with E-state index in [-0.39, 0.29) is 0 Å². The number of amides is 1. The fourth-order valence-electron chi connectivity index (χ4n) is 7.16. The Kier molecular flexibility index (Phi) is 3.34. The van der Waals surface area contributed by atoms with Gasteiger partial charge in [-0.2, -0.15) is 0 Å². The third kappa shape index (κ3) is 2.61. The zero-order valence-corrected chi connectivity index (χ0v) is 15.6. The van der Waals surface area contributed by atoms with Gasteiger partial charge in [-0.05, 0) is 81.0 Å². The van der Waals surface area contributed by atoms with Crippen molar-refractivity contribution in [2.75, 3.05) is 13.1 Å². The van der Waals surface area contributed by atoms with Crippen LogP contribution in [0, 0.1) is 23.2 Å². The van der Waals surface area contributed by atoms with E-state index in [0.717, 1.165) is 49.4 Å². The Morgan fingerprint density at radius 1 is 1.08 bits per heavy atom. The molecule has 1 aromatic rings. The first-order valence-corrected chi connectivity index (χ1v) is 10.9. The average molecular weight is 354 g/mol. The molecule has 5 saturated carbocycles. The second kappa shape index (κ2) is 5.56. The van der Waals surface area contributed by atoms with E-state index in [4.69, 9.17) is 0 Å². The SMILES string of the molecule is O=C(CC12CC3CC(CC(C3)C1)C2)N1CCC(n2cc(C3CC3)nn2)C1. The van der Waals surface area contributed by atoms with Crippen LogP contribution in [-0.4, -0.2) is 38.9 Å². The second-order valence-electron chi connectivity index (χ2n) is 10.3. The van der Waals surface area contributed by atoms with Gasteiger partial charge in [0, 0.05) is 31.6 Å². The summed E-state index contributed by atoms with van der Waals surface area (Å²) >= 11 is 0. The molecule has 0 spiro atoms. The standard InChI is InChI=1S/C21H30N4O/c26-20(11-21-8-14-5-15(9-21)7-16(6-14)10-21)24-4-3-18(12-24)25-13-19(22-23-25)17-1-2-17/h13-18H,1-12H2. The van der Waals surface area contributed by atoms with Crippen molar-refractivity contribution in [1.82, 2.24) is 19.9 Å². The summed E-state index contributed by atoms with van der Waals surface area (Å²) in [4.78, 5) is 15.2. The maximum atomic E-state index is 13.1. The Labute approximate surface area is 155 Å². The molecule has 6 aliphatic rings. The molecular formula is C21H30N4O. The smallest absolute Gasteiger partial charge is 0.223 e. The molecule has 1 saturated heterocycles. The summed E-state index contributed by atoms with van der Waals surface area (Å²) in [6, 6.07) is 0.329. The summed E-state index contributed by atoms with van der Waals surface area (Å²) in [7, 11) is 0. The molecular weight excluding hydrogens is 324 g/mol. The van der Waals surface area contributed by atoms with Gasteiger partial charge in [0.05, 0.1) is 11.7 Å². The van der Waals surface area contributed by atoms with Crippen molar-refractivity contribution in [3.8, 4) is 0 Å². The van der Waals surface area contributed by atoms with Crippen molar-refractivity contribution in [2.24, 2.45) is 23.2 Å². The summed E-state index contributed by atoms with van der Waals surface area (Å²) in [5.41, 5.74) is 1.51. The third-order valence-electron chi connectivity index (χ3n) is 8.11. The maximum absolute atomic E-state index is 13.1. The van der Waals surface area contributed by atoms with Crippen molar-refractivity contribution in [1.29, 1.82) is 0 Å². The molecule has 0 N–H and O–H groups in total. The van der Waals surface area contributed by atoms with Crippen LogP contribution in [-0.2, 0) is 4.79 Å². The lowest BCUT2D eigenvalue weighted by molar-refractivity contribution is -0.138. The van der Waals surface area contributed by atoms with Gasteiger partial charge < -0.3 is 4.90 Å². The van der Waals surface area contributed by atoms with Crippen LogP contribution < -0.4 is 0 Å². The van der Waals surface area contributed by atoms with Gasteiger partial charge >= 0.3 is 0 Å². The Balaban J connectivity index is 1.11. The van der Waals surface area contributed by atoms with Gasteiger partial charge in [-0.25, -0.2) is 4.68 Å². The van der Waals surface area contributed by atoms with E-state index in [1.807, 2.05) is 4.68 Å². The van der Waals surface area contributed by atoms with Crippen LogP contribution in [0.3, 0.4) is 0 Å². The maximum Gasteiger partial charge on any atom is 0.223 e. The van der Waals surface area contributed by atoms with Gasteiger partial charge in [0.25, 0.3) is 0 Å². The lowest BCUT2D eigenvalue weighted by Crippen LogP contribution is -2.48. The highest BCUT2D eigenvalue weighted by Crippen LogP contribution is 2.61. The minimum Gasteiger partial charge on any atom is -0.340 e. The van der Waals surface area contributed by atoms with E-state index < -0.39 is 0 Å². The summed E-state index contributed by atoms with van der Waals surface area (Å²) in [5, 5.41) is 8.71. The van der Waals surface area contributed by atoms with Gasteiger partial charge in [-0.15, -0.1) is 5.10 Å². The predicted molar refractivity (Wildman–Crippen MR) is 97.5 cm³/mol. The fraction of sp³-hybridized carbons (Fsp3) is 0.857. The second-order valence-corrected chi connectivity index (χ2v) is 10.3. The lowest BCUT2D eigenvalue weighted by Gasteiger charge is -2.56. The lowest BCUT2D eigenvalue weighted by atomic mass is 9.49. The van der Waals surface area contributed by atoms with E-state index in [1.54, 1.807) is 0 Å². The molecule has 4 bridgehead atoms. The van der Waals surface area contributed by atoms with Crippen LogP contribution >= 0.6 is 0 Å². The van der Waals surface area contributed by atoms with Gasteiger partial charge in [-0.3, -0.25) is 4.79 Å². The Morgan fingerprint density at radius 3 is 2.42 bits per heavy atom. The summed E-state index contributed by atoms with van der Waals surface area (Å²) in [6.45, 7) is 1.73. The van der Waals surface area contributed by atoms with Crippen molar-refractivity contribution in [3.63, 3.8) is 0 Å². The number of hydrogen-bond donors (Lipinski definition) is 0. The summed E-state index contributed by atoms with van der Waals surface area (Å²) < 4.78 is 2.03. The monoisotopic (exact) mass is 354 g/mol. The number of hydrogen-bond acceptors (Lipinski definition) is 3. The highest BCUT2D eigenvalue weighted by atomic mass is 16.2. The van der Waals surface area contributed by atoms with E-state index in [0.29, 0.717) is 23.3 Å². The van der Waals surface area contributed by atoms with Crippen LogP contribution in [0.15, 0.2) is 6.20 Å². The first-order valence-electron chi connectivity index (χ1n) is 10.9. The Morgan fingerprint density at radius 2 is 1.77 bits per heavy atom. The Bertz CT molecular complexity index is 686. The number of likely N-dealkylation sites (tertiary alicyclic amines) is 1. The molecule has 1 aliphatic heterocycles. The molecule has 2 heterocycles. The van der Waals surface area contributed by atoms with E-state index in [9.17, 15) is 4.79 Å². The molecule has 5 heteroatoms. The Hall–Kier alpha value is -1.39. The minimum atomic E-state index is 0.329. The van der Waals surface area contributed by atoms with Crippen LogP contribution in [0.5, 0.6) is 0 Å². The third-order valence-corrected chi connectivity index (χ3v) is 8.11. The van der Waals surface area contributed by atoms with Crippen LogP contribution in [0.4, 0.5) is 0 Å². The van der Waals surface area contributed by atoms with E-state index >= 15 is 0 Å². The van der Waals surface area contributed by atoms with Crippen molar-refractivity contribution >= 4 is 5.91 Å². The highest BCUT2D eigenvalue weighted by molar-refractivity contribution is 5.77. The molecule has 5 nitrogen and oxygen atoms in total. The number of carbonyl (C=O) groups is 1. The topological polar surface area (TPSA) is 51.0 Å². The van der Waals surface area contributed by atoms with Gasteiger partial charge in [-0.1, -0.05) is 5.21 Å². The van der Waals surface area contributed by atoms with Crippen LogP contribution in [0.1, 0.15) is 81.9 Å². The van der Waals surface area contributed by atoms with Crippen LogP contribution in [0.25, 0.3) is 0 Å². The highest BCUT2D eigenvalue weighted by Gasteiger charge is 2.52. The van der Waals surface area contributed by atoms with Gasteiger partial charge in [0.2, 0.25) is 5.91 Å². The zero-order chi connectivity index (χ0) is 17.3. The number of rotatable bonds is 4. The molecule has 0 radical (unpaired) electrons. The molecule has 6 fully saturated rings. The summed E-state index contributed by atoms with van der Waals surface area (Å²) in [6.07, 6.45) is 14.8. The summed E-state index contributed by atoms with van der Waals surface area (Å²) in [5.74, 6) is 3.85. The minimum absolute atomic E-state index is 0.329. The molecule has 26 heavy (non-hydrogen) atoms. The predicted octanol–water partition coefficient (Wildman–Crippen LogP) is 3.54. The molecule has 140 valence electrons. The quantitative estimate of drug-likeness (QED) is 0.831. The fourth-order valence-corrected chi connectivity index (χ4v) is 7.16. The number of carbonyl (C=O) groups excluding carboxylic acids is 1. The van der Waals surface area contributed by atoms with E-state index in [1.165, 1.54) is 51.4 Å². The van der Waals surface area contributed by atoms with Crippen molar-refractivity contribution in [3.05, 3.63) is 11.9 Å². The zero-order valence-electron chi connectivity index (χ0n) is 15.6. The normalized spacial score (nSPS) is 41.2. The molecule has 1 unspecified atom stereocenters. The van der Waals surface area contributed by atoms with E-state index in [2.05, 4.69) is 21.4 Å². The molecule has 7 rings (SSSR count). The van der Waals surface area contributed by atoms with Gasteiger partial charge in [0.15, 0.2) is 0 Å². The molecule has 1 atom stereocenters. The molecule has 0 aromatic carbocycles. The van der Waals surface area contributed by atoms with Gasteiger partial charge in [0.1, 0.15) is 0 Å².